The van der Waals surface area contributed by atoms with Gasteiger partial charge in [0.25, 0.3) is 5.56 Å². The highest BCUT2D eigenvalue weighted by molar-refractivity contribution is 9.10. The van der Waals surface area contributed by atoms with Crippen LogP contribution in [0.15, 0.2) is 33.8 Å². The Morgan fingerprint density at radius 1 is 1.41 bits per heavy atom. The number of hydrogen-bond donors (Lipinski definition) is 1. The summed E-state index contributed by atoms with van der Waals surface area (Å²) in [6.45, 7) is 0. The molecule has 1 aromatic heterocycles. The molecule has 0 unspecified atom stereocenters. The van der Waals surface area contributed by atoms with Gasteiger partial charge in [0.1, 0.15) is 11.6 Å². The topological polar surface area (TPSA) is 55.0 Å². The van der Waals surface area contributed by atoms with Gasteiger partial charge in [-0.25, -0.2) is 9.37 Å². The maximum absolute atomic E-state index is 13.1. The quantitative estimate of drug-likeness (QED) is 0.925. The van der Waals surface area contributed by atoms with Crippen molar-refractivity contribution in [3.63, 3.8) is 0 Å². The van der Waals surface area contributed by atoms with Crippen LogP contribution in [-0.2, 0) is 0 Å². The highest BCUT2D eigenvalue weighted by Gasteiger charge is 2.09. The van der Waals surface area contributed by atoms with Crippen LogP contribution in [0.2, 0.25) is 5.02 Å². The van der Waals surface area contributed by atoms with E-state index in [0.29, 0.717) is 4.47 Å². The van der Waals surface area contributed by atoms with Crippen LogP contribution in [-0.4, -0.2) is 9.97 Å². The molecule has 1 aromatic carbocycles. The van der Waals surface area contributed by atoms with Crippen LogP contribution in [0.25, 0.3) is 0 Å². The van der Waals surface area contributed by atoms with E-state index in [4.69, 9.17) is 16.3 Å². The summed E-state index contributed by atoms with van der Waals surface area (Å²) >= 11 is 8.80. The van der Waals surface area contributed by atoms with Gasteiger partial charge in [-0.05, 0) is 12.1 Å². The fraction of sp³-hybridized carbons (Fsp3) is 0. The van der Waals surface area contributed by atoms with Gasteiger partial charge in [-0.1, -0.05) is 27.5 Å². The second kappa shape index (κ2) is 4.85. The van der Waals surface area contributed by atoms with E-state index >= 15 is 0 Å². The van der Waals surface area contributed by atoms with Crippen molar-refractivity contribution in [3.8, 4) is 11.6 Å². The zero-order valence-electron chi connectivity index (χ0n) is 8.21. The molecule has 0 aliphatic heterocycles. The number of halogens is 3. The Hall–Kier alpha value is -1.40. The van der Waals surface area contributed by atoms with Crippen LogP contribution >= 0.6 is 27.5 Å². The Kier molecular flexibility index (Phi) is 3.44. The van der Waals surface area contributed by atoms with Gasteiger partial charge in [0.15, 0.2) is 5.02 Å². The maximum atomic E-state index is 13.1. The minimum atomic E-state index is -0.521. The van der Waals surface area contributed by atoms with Crippen molar-refractivity contribution in [1.29, 1.82) is 0 Å². The molecule has 0 bridgehead atoms. The summed E-state index contributed by atoms with van der Waals surface area (Å²) in [6.07, 6.45) is 1.15. The molecule has 0 fully saturated rings. The molecule has 17 heavy (non-hydrogen) atoms. The summed E-state index contributed by atoms with van der Waals surface area (Å²) in [7, 11) is 0. The predicted molar refractivity (Wildman–Crippen MR) is 64.0 cm³/mol. The van der Waals surface area contributed by atoms with E-state index in [1.807, 2.05) is 0 Å². The molecule has 88 valence electrons. The van der Waals surface area contributed by atoms with Crippen LogP contribution in [0, 0.1) is 5.82 Å². The first-order valence-electron chi connectivity index (χ1n) is 4.43. The van der Waals surface area contributed by atoms with Gasteiger partial charge in [-0.15, -0.1) is 0 Å². The SMILES string of the molecule is O=c1[nH]cnc(Oc2cc(F)cc(Br)c2)c1Cl. The number of hydrogen-bond acceptors (Lipinski definition) is 3. The van der Waals surface area contributed by atoms with E-state index in [1.165, 1.54) is 12.1 Å². The van der Waals surface area contributed by atoms with Crippen LogP contribution < -0.4 is 10.3 Å². The minimum absolute atomic E-state index is 0.0760. The summed E-state index contributed by atoms with van der Waals surface area (Å²) in [5.41, 5.74) is -0.521. The van der Waals surface area contributed by atoms with Crippen molar-refractivity contribution in [2.45, 2.75) is 0 Å². The lowest BCUT2D eigenvalue weighted by atomic mass is 10.3. The van der Waals surface area contributed by atoms with Gasteiger partial charge in [-0.3, -0.25) is 4.79 Å². The van der Waals surface area contributed by atoms with E-state index in [-0.39, 0.29) is 16.7 Å². The average Bonchev–Trinajstić information content (AvgIpc) is 2.23. The van der Waals surface area contributed by atoms with Gasteiger partial charge >= 0.3 is 0 Å². The van der Waals surface area contributed by atoms with Crippen LogP contribution in [0.5, 0.6) is 11.6 Å². The molecule has 1 heterocycles. The van der Waals surface area contributed by atoms with E-state index in [9.17, 15) is 9.18 Å². The molecule has 0 saturated heterocycles. The lowest BCUT2D eigenvalue weighted by Crippen LogP contribution is -2.07. The Bertz CT molecular complexity index is 597. The molecule has 0 radical (unpaired) electrons. The first-order valence-corrected chi connectivity index (χ1v) is 5.60. The highest BCUT2D eigenvalue weighted by Crippen LogP contribution is 2.27. The number of rotatable bonds is 2. The number of nitrogens with one attached hydrogen (secondary N) is 1. The molecule has 0 saturated carbocycles. The number of nitrogens with zero attached hydrogens (tertiary/aromatic N) is 1. The molecule has 0 spiro atoms. The second-order valence-electron chi connectivity index (χ2n) is 3.06. The summed E-state index contributed by atoms with van der Waals surface area (Å²) in [5, 5.41) is -0.187. The van der Waals surface area contributed by atoms with Crippen molar-refractivity contribution in [3.05, 3.63) is 50.2 Å². The number of ether oxygens (including phenoxy) is 1. The fourth-order valence-corrected chi connectivity index (χ4v) is 1.72. The first-order chi connectivity index (χ1) is 8.06. The normalized spacial score (nSPS) is 10.3. The highest BCUT2D eigenvalue weighted by atomic mass is 79.9. The van der Waals surface area contributed by atoms with E-state index in [0.717, 1.165) is 12.4 Å². The van der Waals surface area contributed by atoms with E-state index < -0.39 is 11.4 Å². The maximum Gasteiger partial charge on any atom is 0.273 e. The summed E-state index contributed by atoms with van der Waals surface area (Å²) < 4.78 is 18.8. The zero-order valence-corrected chi connectivity index (χ0v) is 10.5. The molecule has 7 heteroatoms. The third-order valence-corrected chi connectivity index (χ3v) is 2.61. The zero-order chi connectivity index (χ0) is 12.4. The van der Waals surface area contributed by atoms with Crippen molar-refractivity contribution in [2.24, 2.45) is 0 Å². The van der Waals surface area contributed by atoms with Crippen molar-refractivity contribution < 1.29 is 9.13 Å². The number of benzene rings is 1. The standard InChI is InChI=1S/C10H5BrClFN2O2/c11-5-1-6(13)3-7(2-5)17-10-8(12)9(16)14-4-15-10/h1-4H,(H,14,15,16). The molecule has 0 atom stereocenters. The fourth-order valence-electron chi connectivity index (χ4n) is 1.14. The molecule has 0 amide bonds. The van der Waals surface area contributed by atoms with Gasteiger partial charge in [0.05, 0.1) is 6.33 Å². The predicted octanol–water partition coefficient (Wildman–Crippen LogP) is 3.12. The lowest BCUT2D eigenvalue weighted by molar-refractivity contribution is 0.455. The molecule has 0 aliphatic rings. The molecule has 4 nitrogen and oxygen atoms in total. The Morgan fingerprint density at radius 3 is 2.88 bits per heavy atom. The largest absolute Gasteiger partial charge is 0.437 e. The monoisotopic (exact) mass is 318 g/mol. The Balaban J connectivity index is 2.38. The smallest absolute Gasteiger partial charge is 0.273 e. The molecule has 2 aromatic rings. The van der Waals surface area contributed by atoms with Gasteiger partial charge in [-0.2, -0.15) is 0 Å². The average molecular weight is 320 g/mol. The summed E-state index contributed by atoms with van der Waals surface area (Å²) in [6, 6.07) is 3.96. The molecule has 0 aliphatic carbocycles. The third-order valence-electron chi connectivity index (χ3n) is 1.82. The third kappa shape index (κ3) is 2.83. The van der Waals surface area contributed by atoms with Crippen molar-refractivity contribution in [1.82, 2.24) is 9.97 Å². The van der Waals surface area contributed by atoms with Crippen LogP contribution in [0.4, 0.5) is 4.39 Å². The number of aromatic amines is 1. The van der Waals surface area contributed by atoms with Crippen LogP contribution in [0.1, 0.15) is 0 Å². The van der Waals surface area contributed by atoms with Crippen molar-refractivity contribution in [2.75, 3.05) is 0 Å². The summed E-state index contributed by atoms with van der Waals surface area (Å²) in [5.74, 6) is -0.361. The number of H-pyrrole nitrogens is 1. The molecular weight excluding hydrogens is 314 g/mol. The minimum Gasteiger partial charge on any atom is -0.437 e. The Morgan fingerprint density at radius 2 is 2.18 bits per heavy atom. The van der Waals surface area contributed by atoms with Crippen LogP contribution in [0.3, 0.4) is 0 Å². The number of aromatic nitrogens is 2. The van der Waals surface area contributed by atoms with Gasteiger partial charge in [0, 0.05) is 10.5 Å². The van der Waals surface area contributed by atoms with Crippen molar-refractivity contribution >= 4 is 27.5 Å². The summed E-state index contributed by atoms with van der Waals surface area (Å²) in [4.78, 5) is 17.2. The first kappa shape index (κ1) is 12.1. The van der Waals surface area contributed by atoms with E-state index in [1.54, 1.807) is 0 Å². The lowest BCUT2D eigenvalue weighted by Gasteiger charge is -2.05. The Labute approximate surface area is 109 Å². The molecule has 2 rings (SSSR count). The van der Waals surface area contributed by atoms with Gasteiger partial charge < -0.3 is 9.72 Å². The van der Waals surface area contributed by atoms with E-state index in [2.05, 4.69) is 25.9 Å². The second-order valence-corrected chi connectivity index (χ2v) is 4.35. The molecular formula is C10H5BrClFN2O2. The molecule has 1 N–H and O–H groups in total. The van der Waals surface area contributed by atoms with Gasteiger partial charge in [0.2, 0.25) is 5.88 Å².